The zero-order valence-corrected chi connectivity index (χ0v) is 13.3. The van der Waals surface area contributed by atoms with Crippen LogP contribution in [0.15, 0.2) is 6.20 Å². The number of rotatable bonds is 2. The second-order valence-electron chi connectivity index (χ2n) is 8.79. The van der Waals surface area contributed by atoms with Gasteiger partial charge in [0.1, 0.15) is 5.82 Å². The molecule has 0 aliphatic heterocycles. The Morgan fingerprint density at radius 2 is 1.90 bits per heavy atom. The lowest BCUT2D eigenvalue weighted by Gasteiger charge is -2.64. The highest BCUT2D eigenvalue weighted by Gasteiger charge is 2.62. The molecule has 2 unspecified atom stereocenters. The molecule has 21 heavy (non-hydrogen) atoms. The van der Waals surface area contributed by atoms with E-state index in [-0.39, 0.29) is 11.3 Å². The van der Waals surface area contributed by atoms with Gasteiger partial charge in [-0.3, -0.25) is 9.89 Å². The monoisotopic (exact) mass is 287 g/mol. The Labute approximate surface area is 126 Å². The third kappa shape index (κ3) is 1.95. The highest BCUT2D eigenvalue weighted by atomic mass is 16.2. The molecule has 1 aromatic heterocycles. The minimum absolute atomic E-state index is 0.152. The number of hydrogen-bond donors (Lipinski definition) is 2. The maximum atomic E-state index is 13.0. The summed E-state index contributed by atoms with van der Waals surface area (Å²) in [6.45, 7) is 6.78. The van der Waals surface area contributed by atoms with E-state index in [4.69, 9.17) is 0 Å². The van der Waals surface area contributed by atoms with Crippen molar-refractivity contribution >= 4 is 11.7 Å². The van der Waals surface area contributed by atoms with Crippen molar-refractivity contribution in [2.75, 3.05) is 5.32 Å². The Balaban J connectivity index is 1.65. The Morgan fingerprint density at radius 3 is 2.43 bits per heavy atom. The molecule has 4 nitrogen and oxygen atoms in total. The number of carbonyl (C=O) groups is 1. The predicted octanol–water partition coefficient (Wildman–Crippen LogP) is 3.65. The van der Waals surface area contributed by atoms with Gasteiger partial charge in [-0.05, 0) is 62.2 Å². The number of aryl methyl sites for hydroxylation is 1. The van der Waals surface area contributed by atoms with Crippen molar-refractivity contribution in [2.24, 2.45) is 22.2 Å². The molecule has 4 aliphatic rings. The van der Waals surface area contributed by atoms with Crippen molar-refractivity contribution in [1.29, 1.82) is 0 Å². The molecule has 1 aromatic rings. The van der Waals surface area contributed by atoms with E-state index in [0.29, 0.717) is 10.8 Å². The van der Waals surface area contributed by atoms with Crippen LogP contribution >= 0.6 is 0 Å². The molecule has 4 fully saturated rings. The molecule has 1 heterocycles. The second kappa shape index (κ2) is 3.90. The van der Waals surface area contributed by atoms with Gasteiger partial charge in [0.2, 0.25) is 5.91 Å². The fraction of sp³-hybridized carbons (Fsp3) is 0.765. The lowest BCUT2D eigenvalue weighted by atomic mass is 9.40. The molecule has 4 saturated carbocycles. The van der Waals surface area contributed by atoms with Gasteiger partial charge in [0.05, 0.1) is 11.6 Å². The second-order valence-corrected chi connectivity index (χ2v) is 8.79. The number of nitrogens with one attached hydrogen (secondary N) is 2. The smallest absolute Gasteiger partial charge is 0.231 e. The molecule has 4 bridgehead atoms. The molecule has 2 atom stereocenters. The first-order valence-electron chi connectivity index (χ1n) is 8.13. The van der Waals surface area contributed by atoms with Crippen molar-refractivity contribution < 1.29 is 4.79 Å². The van der Waals surface area contributed by atoms with Gasteiger partial charge in [0, 0.05) is 5.56 Å². The summed E-state index contributed by atoms with van der Waals surface area (Å²) in [6, 6.07) is 0. The van der Waals surface area contributed by atoms with Crippen LogP contribution in [0.5, 0.6) is 0 Å². The van der Waals surface area contributed by atoms with Gasteiger partial charge in [-0.15, -0.1) is 0 Å². The molecule has 1 amide bonds. The Morgan fingerprint density at radius 1 is 1.24 bits per heavy atom. The molecule has 0 radical (unpaired) electrons. The summed E-state index contributed by atoms with van der Waals surface area (Å²) in [6.07, 6.45) is 8.90. The topological polar surface area (TPSA) is 57.8 Å². The number of anilines is 1. The van der Waals surface area contributed by atoms with E-state index in [2.05, 4.69) is 29.4 Å². The van der Waals surface area contributed by atoms with Crippen LogP contribution in [-0.2, 0) is 4.79 Å². The fourth-order valence-electron chi connectivity index (χ4n) is 6.42. The number of H-pyrrole nitrogens is 1. The van der Waals surface area contributed by atoms with Crippen molar-refractivity contribution in [3.05, 3.63) is 11.8 Å². The van der Waals surface area contributed by atoms with Gasteiger partial charge in [-0.25, -0.2) is 0 Å². The highest BCUT2D eigenvalue weighted by Crippen LogP contribution is 2.69. The van der Waals surface area contributed by atoms with Gasteiger partial charge >= 0.3 is 0 Å². The van der Waals surface area contributed by atoms with E-state index in [1.54, 1.807) is 6.20 Å². The van der Waals surface area contributed by atoms with Crippen molar-refractivity contribution in [3.8, 4) is 0 Å². The molecular weight excluding hydrogens is 262 g/mol. The zero-order valence-electron chi connectivity index (χ0n) is 13.3. The SMILES string of the molecule is Cc1cn[nH]c1NC(=O)C12CC3CC(C)(CC(C)(C3)C1)C2. The zero-order chi connectivity index (χ0) is 14.9. The number of aromatic nitrogens is 2. The molecular formula is C17H25N3O. The van der Waals surface area contributed by atoms with E-state index >= 15 is 0 Å². The molecule has 0 spiro atoms. The van der Waals surface area contributed by atoms with Crippen LogP contribution in [0.4, 0.5) is 5.82 Å². The summed E-state index contributed by atoms with van der Waals surface area (Å²) < 4.78 is 0. The molecule has 0 aromatic carbocycles. The van der Waals surface area contributed by atoms with E-state index in [1.165, 1.54) is 19.3 Å². The minimum atomic E-state index is -0.152. The van der Waals surface area contributed by atoms with Gasteiger partial charge < -0.3 is 5.32 Å². The average Bonchev–Trinajstić information content (AvgIpc) is 2.70. The standard InChI is InChI=1S/C17H25N3O/c1-11-7-18-20-13(11)19-14(21)17-6-12-4-15(2,9-17)8-16(3,5-12)10-17/h7,12H,4-6,8-10H2,1-3H3,(H2,18,19,20,21). The first kappa shape index (κ1) is 13.4. The molecule has 4 heteroatoms. The van der Waals surface area contributed by atoms with Crippen molar-refractivity contribution in [2.45, 2.75) is 59.3 Å². The third-order valence-corrected chi connectivity index (χ3v) is 6.18. The Kier molecular flexibility index (Phi) is 2.48. The van der Waals surface area contributed by atoms with Gasteiger partial charge in [0.25, 0.3) is 0 Å². The van der Waals surface area contributed by atoms with E-state index < -0.39 is 0 Å². The Bertz CT molecular complexity index is 587. The van der Waals surface area contributed by atoms with Crippen LogP contribution in [0.3, 0.4) is 0 Å². The Hall–Kier alpha value is -1.32. The molecule has 114 valence electrons. The number of carbonyl (C=O) groups excluding carboxylic acids is 1. The van der Waals surface area contributed by atoms with Crippen LogP contribution < -0.4 is 5.32 Å². The average molecular weight is 287 g/mol. The van der Waals surface area contributed by atoms with Crippen LogP contribution in [0, 0.1) is 29.1 Å². The summed E-state index contributed by atoms with van der Waals surface area (Å²) in [7, 11) is 0. The van der Waals surface area contributed by atoms with Gasteiger partial charge in [-0.2, -0.15) is 5.10 Å². The summed E-state index contributed by atoms with van der Waals surface area (Å²) in [5.74, 6) is 1.73. The number of aromatic amines is 1. The number of nitrogens with zero attached hydrogens (tertiary/aromatic N) is 1. The maximum absolute atomic E-state index is 13.0. The minimum Gasteiger partial charge on any atom is -0.310 e. The summed E-state index contributed by atoms with van der Waals surface area (Å²) >= 11 is 0. The van der Waals surface area contributed by atoms with E-state index in [9.17, 15) is 4.79 Å². The third-order valence-electron chi connectivity index (χ3n) is 6.18. The van der Waals surface area contributed by atoms with Gasteiger partial charge in [-0.1, -0.05) is 13.8 Å². The first-order valence-corrected chi connectivity index (χ1v) is 8.13. The fourth-order valence-corrected chi connectivity index (χ4v) is 6.42. The molecule has 2 N–H and O–H groups in total. The van der Waals surface area contributed by atoms with E-state index in [1.807, 2.05) is 6.92 Å². The summed E-state index contributed by atoms with van der Waals surface area (Å²) in [5.41, 5.74) is 1.59. The van der Waals surface area contributed by atoms with Crippen molar-refractivity contribution in [3.63, 3.8) is 0 Å². The maximum Gasteiger partial charge on any atom is 0.231 e. The van der Waals surface area contributed by atoms with Crippen LogP contribution in [-0.4, -0.2) is 16.1 Å². The molecule has 5 rings (SSSR count). The molecule has 4 aliphatic carbocycles. The lowest BCUT2D eigenvalue weighted by molar-refractivity contribution is -0.165. The summed E-state index contributed by atoms with van der Waals surface area (Å²) in [4.78, 5) is 13.0. The van der Waals surface area contributed by atoms with Crippen LogP contribution in [0.1, 0.15) is 57.9 Å². The summed E-state index contributed by atoms with van der Waals surface area (Å²) in [5, 5.41) is 10.0. The molecule has 0 saturated heterocycles. The normalized spacial score (nSPS) is 44.0. The van der Waals surface area contributed by atoms with E-state index in [0.717, 1.165) is 36.6 Å². The predicted molar refractivity (Wildman–Crippen MR) is 81.8 cm³/mol. The lowest BCUT2D eigenvalue weighted by Crippen LogP contribution is -2.58. The quantitative estimate of drug-likeness (QED) is 0.872. The van der Waals surface area contributed by atoms with Crippen LogP contribution in [0.25, 0.3) is 0 Å². The van der Waals surface area contributed by atoms with Gasteiger partial charge in [0.15, 0.2) is 0 Å². The number of hydrogen-bond acceptors (Lipinski definition) is 2. The first-order chi connectivity index (χ1) is 9.82. The largest absolute Gasteiger partial charge is 0.310 e. The van der Waals surface area contributed by atoms with Crippen molar-refractivity contribution in [1.82, 2.24) is 10.2 Å². The highest BCUT2D eigenvalue weighted by molar-refractivity contribution is 5.95. The van der Waals surface area contributed by atoms with Crippen LogP contribution in [0.2, 0.25) is 0 Å². The number of amides is 1.